The minimum atomic E-state index is 0.223. The van der Waals surface area contributed by atoms with Crippen LogP contribution in [-0.4, -0.2) is 42.0 Å². The van der Waals surface area contributed by atoms with Crippen molar-refractivity contribution in [3.05, 3.63) is 41.9 Å². The van der Waals surface area contributed by atoms with E-state index in [0.717, 1.165) is 49.8 Å². The Bertz CT molecular complexity index is 738. The third-order valence-electron chi connectivity index (χ3n) is 5.50. The topological polar surface area (TPSA) is 58.4 Å². The van der Waals surface area contributed by atoms with E-state index in [1.807, 2.05) is 17.0 Å². The number of aromatic nitrogens is 1. The van der Waals surface area contributed by atoms with Crippen LogP contribution in [0.5, 0.6) is 0 Å². The van der Waals surface area contributed by atoms with Gasteiger partial charge in [0.25, 0.3) is 0 Å². The number of likely N-dealkylation sites (tertiary alicyclic amines) is 1. The van der Waals surface area contributed by atoms with Crippen molar-refractivity contribution in [2.75, 3.05) is 26.2 Å². The van der Waals surface area contributed by atoms with Gasteiger partial charge in [-0.05, 0) is 38.3 Å². The molecule has 0 saturated carbocycles. The third kappa shape index (κ3) is 3.61. The molecule has 132 valence electrons. The smallest absolute Gasteiger partial charge is 0.223 e. The van der Waals surface area contributed by atoms with Crippen molar-refractivity contribution in [3.63, 3.8) is 0 Å². The Labute approximate surface area is 148 Å². The largest absolute Gasteiger partial charge is 0.441 e. The lowest BCUT2D eigenvalue weighted by atomic mass is 9.88. The summed E-state index contributed by atoms with van der Waals surface area (Å²) in [6.45, 7) is 6.02. The van der Waals surface area contributed by atoms with E-state index in [0.29, 0.717) is 24.7 Å². The molecule has 2 unspecified atom stereocenters. The zero-order valence-corrected chi connectivity index (χ0v) is 14.7. The summed E-state index contributed by atoms with van der Waals surface area (Å²) in [4.78, 5) is 18.9. The van der Waals surface area contributed by atoms with Crippen LogP contribution in [0.25, 0.3) is 11.3 Å². The molecule has 2 aliphatic heterocycles. The van der Waals surface area contributed by atoms with E-state index < -0.39 is 0 Å². The number of aryl methyl sites for hydroxylation is 2. The number of hydrogen-bond acceptors (Lipinski definition) is 4. The van der Waals surface area contributed by atoms with E-state index in [-0.39, 0.29) is 5.91 Å². The average Bonchev–Trinajstić information content (AvgIpc) is 3.29. The monoisotopic (exact) mass is 339 g/mol. The van der Waals surface area contributed by atoms with Crippen molar-refractivity contribution in [1.29, 1.82) is 0 Å². The number of nitrogens with zero attached hydrogens (tertiary/aromatic N) is 2. The zero-order chi connectivity index (χ0) is 17.2. The number of nitrogens with one attached hydrogen (secondary N) is 1. The van der Waals surface area contributed by atoms with Gasteiger partial charge in [-0.15, -0.1) is 0 Å². The van der Waals surface area contributed by atoms with Gasteiger partial charge in [-0.2, -0.15) is 0 Å². The standard InChI is InChI=1S/C20H25N3O2/c1-14-2-4-15(5-3-14)18-12-22-19(25-18)6-7-20(24)23-9-8-16-10-21-11-17(16)13-23/h2-5,12,16-17,21H,6-11,13H2,1H3. The number of carbonyl (C=O) groups is 1. The van der Waals surface area contributed by atoms with Gasteiger partial charge in [-0.3, -0.25) is 4.79 Å². The van der Waals surface area contributed by atoms with Crippen molar-refractivity contribution >= 4 is 5.91 Å². The lowest BCUT2D eigenvalue weighted by Gasteiger charge is -2.34. The second kappa shape index (κ2) is 7.00. The first-order valence-electron chi connectivity index (χ1n) is 9.19. The summed E-state index contributed by atoms with van der Waals surface area (Å²) in [5.41, 5.74) is 2.24. The first-order chi connectivity index (χ1) is 12.2. The van der Waals surface area contributed by atoms with Crippen molar-refractivity contribution in [2.45, 2.75) is 26.2 Å². The fraction of sp³-hybridized carbons (Fsp3) is 0.500. The van der Waals surface area contributed by atoms with Crippen LogP contribution in [-0.2, 0) is 11.2 Å². The highest BCUT2D eigenvalue weighted by molar-refractivity contribution is 5.76. The molecule has 5 heteroatoms. The van der Waals surface area contributed by atoms with Gasteiger partial charge in [0.15, 0.2) is 11.7 Å². The predicted molar refractivity (Wildman–Crippen MR) is 96.0 cm³/mol. The number of amides is 1. The van der Waals surface area contributed by atoms with Gasteiger partial charge in [-0.1, -0.05) is 29.8 Å². The van der Waals surface area contributed by atoms with Crippen molar-refractivity contribution in [3.8, 4) is 11.3 Å². The molecule has 2 aliphatic rings. The molecule has 1 amide bonds. The number of rotatable bonds is 4. The highest BCUT2D eigenvalue weighted by Gasteiger charge is 2.34. The third-order valence-corrected chi connectivity index (χ3v) is 5.50. The molecule has 0 radical (unpaired) electrons. The minimum absolute atomic E-state index is 0.223. The summed E-state index contributed by atoms with van der Waals surface area (Å²) in [5.74, 6) is 3.02. The van der Waals surface area contributed by atoms with Gasteiger partial charge in [0, 0.05) is 31.5 Å². The highest BCUT2D eigenvalue weighted by Crippen LogP contribution is 2.27. The Balaban J connectivity index is 1.32. The Morgan fingerprint density at radius 1 is 1.28 bits per heavy atom. The van der Waals surface area contributed by atoms with Gasteiger partial charge < -0.3 is 14.6 Å². The van der Waals surface area contributed by atoms with E-state index in [1.54, 1.807) is 6.20 Å². The second-order valence-corrected chi connectivity index (χ2v) is 7.29. The normalized spacial score (nSPS) is 22.8. The summed E-state index contributed by atoms with van der Waals surface area (Å²) in [7, 11) is 0. The zero-order valence-electron chi connectivity index (χ0n) is 14.7. The molecule has 5 nitrogen and oxygen atoms in total. The summed E-state index contributed by atoms with van der Waals surface area (Å²) < 4.78 is 5.82. The van der Waals surface area contributed by atoms with Crippen LogP contribution in [0.4, 0.5) is 0 Å². The van der Waals surface area contributed by atoms with Crippen LogP contribution in [0.15, 0.2) is 34.9 Å². The number of benzene rings is 1. The maximum Gasteiger partial charge on any atom is 0.223 e. The summed E-state index contributed by atoms with van der Waals surface area (Å²) in [6, 6.07) is 8.18. The predicted octanol–water partition coefficient (Wildman–Crippen LogP) is 2.65. The highest BCUT2D eigenvalue weighted by atomic mass is 16.4. The molecule has 0 spiro atoms. The van der Waals surface area contributed by atoms with Gasteiger partial charge >= 0.3 is 0 Å². The lowest BCUT2D eigenvalue weighted by Crippen LogP contribution is -2.43. The van der Waals surface area contributed by atoms with Crippen LogP contribution in [0.1, 0.15) is 24.3 Å². The first kappa shape index (κ1) is 16.3. The molecule has 1 aromatic carbocycles. The Morgan fingerprint density at radius 3 is 2.92 bits per heavy atom. The lowest BCUT2D eigenvalue weighted by molar-refractivity contribution is -0.133. The molecule has 1 aromatic heterocycles. The molecule has 1 N–H and O–H groups in total. The molecule has 2 saturated heterocycles. The molecule has 0 bridgehead atoms. The number of oxazole rings is 1. The van der Waals surface area contributed by atoms with E-state index >= 15 is 0 Å². The molecule has 4 rings (SSSR count). The molecule has 2 aromatic rings. The van der Waals surface area contributed by atoms with Crippen LogP contribution < -0.4 is 5.32 Å². The quantitative estimate of drug-likeness (QED) is 0.930. The molecule has 3 heterocycles. The summed E-state index contributed by atoms with van der Waals surface area (Å²) >= 11 is 0. The molecular formula is C20H25N3O2. The van der Waals surface area contributed by atoms with E-state index in [4.69, 9.17) is 4.42 Å². The summed E-state index contributed by atoms with van der Waals surface area (Å²) in [5, 5.41) is 3.44. The molecule has 25 heavy (non-hydrogen) atoms. The number of hydrogen-bond donors (Lipinski definition) is 1. The fourth-order valence-corrected chi connectivity index (χ4v) is 3.91. The van der Waals surface area contributed by atoms with Crippen molar-refractivity contribution < 1.29 is 9.21 Å². The van der Waals surface area contributed by atoms with Crippen molar-refractivity contribution in [2.24, 2.45) is 11.8 Å². The van der Waals surface area contributed by atoms with Gasteiger partial charge in [-0.25, -0.2) is 4.98 Å². The van der Waals surface area contributed by atoms with Crippen LogP contribution in [0.2, 0.25) is 0 Å². The Morgan fingerprint density at radius 2 is 2.08 bits per heavy atom. The average molecular weight is 339 g/mol. The Kier molecular flexibility index (Phi) is 4.57. The Hall–Kier alpha value is -2.14. The SMILES string of the molecule is Cc1ccc(-c2cnc(CCC(=O)N3CCC4CNCC4C3)o2)cc1. The minimum Gasteiger partial charge on any atom is -0.441 e. The maximum atomic E-state index is 12.5. The first-order valence-corrected chi connectivity index (χ1v) is 9.19. The van der Waals surface area contributed by atoms with Crippen molar-refractivity contribution in [1.82, 2.24) is 15.2 Å². The van der Waals surface area contributed by atoms with E-state index in [9.17, 15) is 4.79 Å². The maximum absolute atomic E-state index is 12.5. The number of fused-ring (bicyclic) bond motifs is 1. The van der Waals surface area contributed by atoms with E-state index in [2.05, 4.69) is 29.4 Å². The van der Waals surface area contributed by atoms with Gasteiger partial charge in [0.2, 0.25) is 5.91 Å². The van der Waals surface area contributed by atoms with Gasteiger partial charge in [0.05, 0.1) is 6.20 Å². The second-order valence-electron chi connectivity index (χ2n) is 7.29. The number of carbonyl (C=O) groups excluding carboxylic acids is 1. The van der Waals surface area contributed by atoms with Gasteiger partial charge in [0.1, 0.15) is 0 Å². The molecule has 2 atom stereocenters. The number of piperidine rings is 1. The summed E-state index contributed by atoms with van der Waals surface area (Å²) in [6.07, 6.45) is 3.91. The van der Waals surface area contributed by atoms with Crippen LogP contribution in [0, 0.1) is 18.8 Å². The molecular weight excluding hydrogens is 314 g/mol. The van der Waals surface area contributed by atoms with Crippen LogP contribution in [0.3, 0.4) is 0 Å². The van der Waals surface area contributed by atoms with Crippen LogP contribution >= 0.6 is 0 Å². The van der Waals surface area contributed by atoms with E-state index in [1.165, 1.54) is 5.56 Å². The molecule has 2 fully saturated rings. The fourth-order valence-electron chi connectivity index (χ4n) is 3.91. The molecule has 0 aliphatic carbocycles.